The summed E-state index contributed by atoms with van der Waals surface area (Å²) >= 11 is 0. The summed E-state index contributed by atoms with van der Waals surface area (Å²) in [4.78, 5) is 12.7. The summed E-state index contributed by atoms with van der Waals surface area (Å²) < 4.78 is 25.1. The summed E-state index contributed by atoms with van der Waals surface area (Å²) in [6, 6.07) is 11.6. The molecular formula is C18H17FN2O3. The molecule has 2 heterocycles. The van der Waals surface area contributed by atoms with E-state index in [1.54, 1.807) is 12.1 Å². The Morgan fingerprint density at radius 2 is 2.17 bits per heavy atom. The van der Waals surface area contributed by atoms with E-state index in [1.807, 2.05) is 25.1 Å². The summed E-state index contributed by atoms with van der Waals surface area (Å²) in [5.41, 5.74) is 4.44. The number of carbonyl (C=O) groups excluding carboxylic acids is 1. The molecule has 4 rings (SSSR count). The Morgan fingerprint density at radius 3 is 2.96 bits per heavy atom. The standard InChI is InChI=1S/C18H17FN2O3/c1-2-23-15-8-3-5-11-9-14-17(24-16(11)15)20-21(18(14)22)13-7-4-6-12(19)10-13/h3-8,10,14,17,20H,2,9H2,1H3. The Balaban J connectivity index is 1.64. The minimum absolute atomic E-state index is 0.127. The van der Waals surface area contributed by atoms with Gasteiger partial charge in [-0.05, 0) is 43.2 Å². The fourth-order valence-electron chi connectivity index (χ4n) is 3.18. The monoisotopic (exact) mass is 328 g/mol. The average molecular weight is 328 g/mol. The lowest BCUT2D eigenvalue weighted by Gasteiger charge is -2.27. The largest absolute Gasteiger partial charge is 0.490 e. The molecule has 2 atom stereocenters. The van der Waals surface area contributed by atoms with Crippen molar-refractivity contribution in [3.63, 3.8) is 0 Å². The number of amides is 1. The van der Waals surface area contributed by atoms with Crippen LogP contribution in [0.25, 0.3) is 0 Å². The number of halogens is 1. The van der Waals surface area contributed by atoms with E-state index in [2.05, 4.69) is 5.43 Å². The number of rotatable bonds is 3. The minimum atomic E-state index is -0.491. The zero-order chi connectivity index (χ0) is 16.7. The van der Waals surface area contributed by atoms with Crippen LogP contribution in [0.5, 0.6) is 11.5 Å². The van der Waals surface area contributed by atoms with Crippen LogP contribution in [0.1, 0.15) is 12.5 Å². The second kappa shape index (κ2) is 5.79. The lowest BCUT2D eigenvalue weighted by atomic mass is 9.94. The van der Waals surface area contributed by atoms with Crippen molar-refractivity contribution in [2.24, 2.45) is 5.92 Å². The molecule has 1 amide bonds. The number of benzene rings is 2. The van der Waals surface area contributed by atoms with Crippen LogP contribution in [0, 0.1) is 11.7 Å². The summed E-state index contributed by atoms with van der Waals surface area (Å²) in [5.74, 6) is 0.476. The first-order valence-electron chi connectivity index (χ1n) is 7.94. The Hall–Kier alpha value is -2.60. The van der Waals surface area contributed by atoms with Crippen molar-refractivity contribution < 1.29 is 18.7 Å². The number of nitrogens with zero attached hydrogens (tertiary/aromatic N) is 1. The van der Waals surface area contributed by atoms with Gasteiger partial charge in [0.1, 0.15) is 5.82 Å². The van der Waals surface area contributed by atoms with E-state index >= 15 is 0 Å². The van der Waals surface area contributed by atoms with Crippen LogP contribution in [-0.2, 0) is 11.2 Å². The molecule has 0 saturated carbocycles. The SMILES string of the molecule is CCOc1cccc2c1OC1NN(c3cccc(F)c3)C(=O)C1C2. The molecular weight excluding hydrogens is 311 g/mol. The Labute approximate surface area is 139 Å². The molecule has 1 fully saturated rings. The molecule has 6 heteroatoms. The Bertz CT molecular complexity index is 796. The van der Waals surface area contributed by atoms with Crippen molar-refractivity contribution in [2.45, 2.75) is 19.6 Å². The van der Waals surface area contributed by atoms with Gasteiger partial charge in [0.05, 0.1) is 18.2 Å². The molecule has 2 aliphatic rings. The van der Waals surface area contributed by atoms with Gasteiger partial charge < -0.3 is 9.47 Å². The molecule has 0 spiro atoms. The molecule has 2 aliphatic heterocycles. The molecule has 0 bridgehead atoms. The first kappa shape index (κ1) is 15.0. The predicted molar refractivity (Wildman–Crippen MR) is 86.2 cm³/mol. The zero-order valence-electron chi connectivity index (χ0n) is 13.2. The molecule has 2 aromatic rings. The highest BCUT2D eigenvalue weighted by Crippen LogP contribution is 2.40. The molecule has 0 aromatic heterocycles. The number of nitrogens with one attached hydrogen (secondary N) is 1. The molecule has 1 N–H and O–H groups in total. The third kappa shape index (κ3) is 2.39. The van der Waals surface area contributed by atoms with Gasteiger partial charge in [0.2, 0.25) is 5.91 Å². The fourth-order valence-corrected chi connectivity index (χ4v) is 3.18. The molecule has 0 aliphatic carbocycles. The fraction of sp³-hybridized carbons (Fsp3) is 0.278. The quantitative estimate of drug-likeness (QED) is 0.941. The number of ether oxygens (including phenoxy) is 2. The third-order valence-corrected chi connectivity index (χ3v) is 4.27. The lowest BCUT2D eigenvalue weighted by molar-refractivity contribution is -0.121. The van der Waals surface area contributed by atoms with Crippen LogP contribution in [0.4, 0.5) is 10.1 Å². The maximum absolute atomic E-state index is 13.5. The van der Waals surface area contributed by atoms with Crippen LogP contribution in [-0.4, -0.2) is 18.7 Å². The van der Waals surface area contributed by atoms with Crippen molar-refractivity contribution in [3.8, 4) is 11.5 Å². The topological polar surface area (TPSA) is 50.8 Å². The maximum Gasteiger partial charge on any atom is 0.250 e. The van der Waals surface area contributed by atoms with Crippen LogP contribution < -0.4 is 19.9 Å². The van der Waals surface area contributed by atoms with Gasteiger partial charge in [-0.1, -0.05) is 18.2 Å². The third-order valence-electron chi connectivity index (χ3n) is 4.27. The van der Waals surface area contributed by atoms with Gasteiger partial charge in [-0.3, -0.25) is 4.79 Å². The van der Waals surface area contributed by atoms with E-state index in [9.17, 15) is 9.18 Å². The lowest BCUT2D eigenvalue weighted by Crippen LogP contribution is -2.41. The predicted octanol–water partition coefficient (Wildman–Crippen LogP) is 2.65. The number of hydrogen-bond donors (Lipinski definition) is 1. The maximum atomic E-state index is 13.5. The van der Waals surface area contributed by atoms with Crippen LogP contribution in [0.2, 0.25) is 0 Å². The first-order valence-corrected chi connectivity index (χ1v) is 7.94. The Morgan fingerprint density at radius 1 is 1.33 bits per heavy atom. The van der Waals surface area contributed by atoms with Crippen molar-refractivity contribution in [1.82, 2.24) is 5.43 Å². The summed E-state index contributed by atoms with van der Waals surface area (Å²) in [6.07, 6.45) is 0.0633. The van der Waals surface area contributed by atoms with Gasteiger partial charge in [-0.25, -0.2) is 9.40 Å². The number of hydrogen-bond acceptors (Lipinski definition) is 4. The molecule has 5 nitrogen and oxygen atoms in total. The number of carbonyl (C=O) groups is 1. The highest BCUT2D eigenvalue weighted by atomic mass is 19.1. The van der Waals surface area contributed by atoms with Gasteiger partial charge in [0.15, 0.2) is 17.7 Å². The molecule has 124 valence electrons. The normalized spacial score (nSPS) is 21.9. The van der Waals surface area contributed by atoms with Crippen LogP contribution in [0.3, 0.4) is 0 Å². The smallest absolute Gasteiger partial charge is 0.250 e. The first-order chi connectivity index (χ1) is 11.7. The van der Waals surface area contributed by atoms with E-state index in [-0.39, 0.29) is 17.6 Å². The number of anilines is 1. The molecule has 0 radical (unpaired) electrons. The van der Waals surface area contributed by atoms with E-state index in [4.69, 9.17) is 9.47 Å². The van der Waals surface area contributed by atoms with Gasteiger partial charge in [0, 0.05) is 0 Å². The molecule has 2 aromatic carbocycles. The number of para-hydroxylation sites is 1. The van der Waals surface area contributed by atoms with Gasteiger partial charge in [-0.2, -0.15) is 5.43 Å². The minimum Gasteiger partial charge on any atom is -0.490 e. The summed E-state index contributed by atoms with van der Waals surface area (Å²) in [6.45, 7) is 2.45. The highest BCUT2D eigenvalue weighted by Gasteiger charge is 2.46. The van der Waals surface area contributed by atoms with Crippen molar-refractivity contribution >= 4 is 11.6 Å². The van der Waals surface area contributed by atoms with Crippen molar-refractivity contribution in [2.75, 3.05) is 11.6 Å². The summed E-state index contributed by atoms with van der Waals surface area (Å²) in [5, 5.41) is 1.37. The zero-order valence-corrected chi connectivity index (χ0v) is 13.2. The van der Waals surface area contributed by atoms with Crippen LogP contribution >= 0.6 is 0 Å². The second-order valence-corrected chi connectivity index (χ2v) is 5.81. The van der Waals surface area contributed by atoms with E-state index in [0.29, 0.717) is 30.2 Å². The van der Waals surface area contributed by atoms with Gasteiger partial charge in [-0.15, -0.1) is 0 Å². The van der Waals surface area contributed by atoms with E-state index in [0.717, 1.165) is 5.56 Å². The van der Waals surface area contributed by atoms with Crippen molar-refractivity contribution in [1.29, 1.82) is 0 Å². The van der Waals surface area contributed by atoms with Gasteiger partial charge in [0.25, 0.3) is 0 Å². The summed E-state index contributed by atoms with van der Waals surface area (Å²) in [7, 11) is 0. The number of hydrazine groups is 1. The second-order valence-electron chi connectivity index (χ2n) is 5.81. The molecule has 2 unspecified atom stereocenters. The van der Waals surface area contributed by atoms with Crippen molar-refractivity contribution in [3.05, 3.63) is 53.8 Å². The highest BCUT2D eigenvalue weighted by molar-refractivity contribution is 5.97. The Kier molecular flexibility index (Phi) is 3.61. The molecule has 1 saturated heterocycles. The van der Waals surface area contributed by atoms with Crippen LogP contribution in [0.15, 0.2) is 42.5 Å². The average Bonchev–Trinajstić information content (AvgIpc) is 2.90. The molecule has 24 heavy (non-hydrogen) atoms. The van der Waals surface area contributed by atoms with Gasteiger partial charge >= 0.3 is 0 Å². The van der Waals surface area contributed by atoms with E-state index < -0.39 is 6.23 Å². The van der Waals surface area contributed by atoms with E-state index in [1.165, 1.54) is 17.1 Å². The number of fused-ring (bicyclic) bond motifs is 2.